The van der Waals surface area contributed by atoms with Gasteiger partial charge in [-0.2, -0.15) is 0 Å². The van der Waals surface area contributed by atoms with Crippen molar-refractivity contribution in [1.82, 2.24) is 0 Å². The van der Waals surface area contributed by atoms with Crippen molar-refractivity contribution in [3.63, 3.8) is 0 Å². The highest BCUT2D eigenvalue weighted by molar-refractivity contribution is 5.98. The Labute approximate surface area is 121 Å². The second kappa shape index (κ2) is 5.02. The number of hydrogen-bond acceptors (Lipinski definition) is 3. The molecule has 0 heterocycles. The van der Waals surface area contributed by atoms with Gasteiger partial charge in [0.1, 0.15) is 5.82 Å². The number of anilines is 1. The third-order valence-corrected chi connectivity index (χ3v) is 4.77. The van der Waals surface area contributed by atoms with E-state index in [9.17, 15) is 19.1 Å². The van der Waals surface area contributed by atoms with Gasteiger partial charge in [0, 0.05) is 11.7 Å². The van der Waals surface area contributed by atoms with E-state index in [-0.39, 0.29) is 23.4 Å². The lowest BCUT2D eigenvalue weighted by Gasteiger charge is -2.30. The number of halogens is 1. The first kappa shape index (κ1) is 13.9. The fourth-order valence-corrected chi connectivity index (χ4v) is 3.88. The van der Waals surface area contributed by atoms with Crippen LogP contribution in [0.25, 0.3) is 0 Å². The maximum Gasteiger partial charge on any atom is 0.308 e. The van der Waals surface area contributed by atoms with E-state index in [2.05, 4.69) is 5.32 Å². The van der Waals surface area contributed by atoms with Gasteiger partial charge < -0.3 is 16.2 Å². The van der Waals surface area contributed by atoms with E-state index in [1.54, 1.807) is 0 Å². The Morgan fingerprint density at radius 2 is 2.00 bits per heavy atom. The molecular formula is C15H17FN2O3. The Morgan fingerprint density at radius 1 is 1.29 bits per heavy atom. The lowest BCUT2D eigenvalue weighted by molar-refractivity contribution is -0.143. The lowest BCUT2D eigenvalue weighted by atomic mass is 9.84. The van der Waals surface area contributed by atoms with Crippen LogP contribution in [0.2, 0.25) is 0 Å². The molecule has 4 unspecified atom stereocenters. The minimum Gasteiger partial charge on any atom is -0.481 e. The van der Waals surface area contributed by atoms with E-state index in [1.807, 2.05) is 0 Å². The molecule has 21 heavy (non-hydrogen) atoms. The predicted molar refractivity (Wildman–Crippen MR) is 74.3 cm³/mol. The SMILES string of the molecule is NC(=O)c1cc(F)ccc1NC1C2CCC(C2)C1C(=O)O. The van der Waals surface area contributed by atoms with Gasteiger partial charge >= 0.3 is 5.97 Å². The highest BCUT2D eigenvalue weighted by atomic mass is 19.1. The van der Waals surface area contributed by atoms with Crippen molar-refractivity contribution in [2.24, 2.45) is 23.5 Å². The molecule has 1 aromatic carbocycles. The minimum atomic E-state index is -0.817. The summed E-state index contributed by atoms with van der Waals surface area (Å²) < 4.78 is 13.2. The molecule has 0 aliphatic heterocycles. The molecule has 3 rings (SSSR count). The fraction of sp³-hybridized carbons (Fsp3) is 0.467. The molecule has 112 valence electrons. The van der Waals surface area contributed by atoms with E-state index < -0.39 is 23.6 Å². The minimum absolute atomic E-state index is 0.0573. The van der Waals surface area contributed by atoms with Crippen LogP contribution in [0.3, 0.4) is 0 Å². The third kappa shape index (κ3) is 2.34. The second-order valence-corrected chi connectivity index (χ2v) is 5.92. The summed E-state index contributed by atoms with van der Waals surface area (Å²) in [5.41, 5.74) is 5.73. The highest BCUT2D eigenvalue weighted by Crippen LogP contribution is 2.49. The Bertz CT molecular complexity index is 605. The van der Waals surface area contributed by atoms with Crippen molar-refractivity contribution >= 4 is 17.6 Å². The van der Waals surface area contributed by atoms with Gasteiger partial charge in [0.2, 0.25) is 0 Å². The van der Waals surface area contributed by atoms with E-state index in [4.69, 9.17) is 5.73 Å². The summed E-state index contributed by atoms with van der Waals surface area (Å²) in [6.45, 7) is 0. The first-order valence-electron chi connectivity index (χ1n) is 7.06. The quantitative estimate of drug-likeness (QED) is 0.789. The molecule has 0 aromatic heterocycles. The van der Waals surface area contributed by atoms with Crippen LogP contribution in [0.4, 0.5) is 10.1 Å². The van der Waals surface area contributed by atoms with Crippen LogP contribution < -0.4 is 11.1 Å². The zero-order valence-electron chi connectivity index (χ0n) is 11.4. The number of hydrogen-bond donors (Lipinski definition) is 3. The summed E-state index contributed by atoms with van der Waals surface area (Å²) in [6.07, 6.45) is 2.81. The summed E-state index contributed by atoms with van der Waals surface area (Å²) in [4.78, 5) is 22.9. The lowest BCUT2D eigenvalue weighted by Crippen LogP contribution is -2.39. The van der Waals surface area contributed by atoms with Crippen molar-refractivity contribution in [3.8, 4) is 0 Å². The predicted octanol–water partition coefficient (Wildman–Crippen LogP) is 1.84. The van der Waals surface area contributed by atoms with Crippen LogP contribution in [0.1, 0.15) is 29.6 Å². The fourth-order valence-electron chi connectivity index (χ4n) is 3.88. The summed E-state index contributed by atoms with van der Waals surface area (Å²) in [6, 6.07) is 3.52. The Kier molecular flexibility index (Phi) is 3.31. The van der Waals surface area contributed by atoms with Gasteiger partial charge in [-0.1, -0.05) is 0 Å². The Balaban J connectivity index is 1.89. The number of rotatable bonds is 4. The van der Waals surface area contributed by atoms with Gasteiger partial charge in [0.15, 0.2) is 0 Å². The monoisotopic (exact) mass is 292 g/mol. The maximum absolute atomic E-state index is 13.2. The molecule has 2 fully saturated rings. The van der Waals surface area contributed by atoms with Crippen molar-refractivity contribution in [2.75, 3.05) is 5.32 Å². The number of nitrogens with two attached hydrogens (primary N) is 1. The van der Waals surface area contributed by atoms with E-state index in [1.165, 1.54) is 12.1 Å². The number of primary amides is 1. The topological polar surface area (TPSA) is 92.4 Å². The third-order valence-electron chi connectivity index (χ3n) is 4.77. The first-order valence-corrected chi connectivity index (χ1v) is 7.06. The summed E-state index contributed by atoms with van der Waals surface area (Å²) in [5, 5.41) is 12.5. The number of carbonyl (C=O) groups excluding carboxylic acids is 1. The average molecular weight is 292 g/mol. The zero-order valence-corrected chi connectivity index (χ0v) is 11.4. The number of carboxylic acid groups (broad SMARTS) is 1. The molecule has 0 spiro atoms. The van der Waals surface area contributed by atoms with Gasteiger partial charge in [0.25, 0.3) is 5.91 Å². The van der Waals surface area contributed by atoms with Crippen molar-refractivity contribution in [3.05, 3.63) is 29.6 Å². The number of aliphatic carboxylic acids is 1. The number of benzene rings is 1. The largest absolute Gasteiger partial charge is 0.481 e. The molecule has 1 aromatic rings. The van der Waals surface area contributed by atoms with Crippen LogP contribution in [0.5, 0.6) is 0 Å². The van der Waals surface area contributed by atoms with Crippen LogP contribution in [0.15, 0.2) is 18.2 Å². The van der Waals surface area contributed by atoms with Crippen LogP contribution in [-0.2, 0) is 4.79 Å². The molecule has 0 radical (unpaired) electrons. The molecule has 2 aliphatic carbocycles. The number of amides is 1. The number of carbonyl (C=O) groups is 2. The zero-order chi connectivity index (χ0) is 15.1. The maximum atomic E-state index is 13.2. The van der Waals surface area contributed by atoms with Crippen molar-refractivity contribution in [1.29, 1.82) is 0 Å². The van der Waals surface area contributed by atoms with Crippen LogP contribution >= 0.6 is 0 Å². The van der Waals surface area contributed by atoms with Crippen molar-refractivity contribution < 1.29 is 19.1 Å². The molecule has 2 saturated carbocycles. The van der Waals surface area contributed by atoms with Gasteiger partial charge in [-0.3, -0.25) is 9.59 Å². The summed E-state index contributed by atoms with van der Waals surface area (Å²) in [7, 11) is 0. The molecule has 4 atom stereocenters. The molecule has 5 nitrogen and oxygen atoms in total. The average Bonchev–Trinajstić information content (AvgIpc) is 3.01. The Morgan fingerprint density at radius 3 is 2.67 bits per heavy atom. The molecule has 2 bridgehead atoms. The molecule has 6 heteroatoms. The van der Waals surface area contributed by atoms with Gasteiger partial charge in [0.05, 0.1) is 11.5 Å². The molecule has 2 aliphatic rings. The molecular weight excluding hydrogens is 275 g/mol. The highest BCUT2D eigenvalue weighted by Gasteiger charge is 2.51. The van der Waals surface area contributed by atoms with Gasteiger partial charge in [-0.25, -0.2) is 4.39 Å². The van der Waals surface area contributed by atoms with E-state index in [0.29, 0.717) is 5.69 Å². The number of fused-ring (bicyclic) bond motifs is 2. The number of carboxylic acids is 1. The van der Waals surface area contributed by atoms with E-state index in [0.717, 1.165) is 25.3 Å². The molecule has 0 saturated heterocycles. The second-order valence-electron chi connectivity index (χ2n) is 5.92. The summed E-state index contributed by atoms with van der Waals surface area (Å²) in [5.74, 6) is -2.09. The molecule has 1 amide bonds. The van der Waals surface area contributed by atoms with Crippen LogP contribution in [0, 0.1) is 23.6 Å². The summed E-state index contributed by atoms with van der Waals surface area (Å²) >= 11 is 0. The van der Waals surface area contributed by atoms with Crippen LogP contribution in [-0.4, -0.2) is 23.0 Å². The standard InChI is InChI=1S/C15H17FN2O3/c16-9-3-4-11(10(6-9)14(17)19)18-13-8-2-1-7(5-8)12(13)15(20)21/h3-4,6-8,12-13,18H,1-2,5H2,(H2,17,19)(H,20,21). The van der Waals surface area contributed by atoms with Crippen molar-refractivity contribution in [2.45, 2.75) is 25.3 Å². The first-order chi connectivity index (χ1) is 9.97. The normalized spacial score (nSPS) is 30.3. The van der Waals surface area contributed by atoms with Gasteiger partial charge in [-0.15, -0.1) is 0 Å². The Hall–Kier alpha value is -2.11. The smallest absolute Gasteiger partial charge is 0.308 e. The van der Waals surface area contributed by atoms with Gasteiger partial charge in [-0.05, 0) is 49.3 Å². The van der Waals surface area contributed by atoms with E-state index >= 15 is 0 Å². The number of nitrogens with one attached hydrogen (secondary N) is 1. The molecule has 4 N–H and O–H groups in total.